The Labute approximate surface area is 106 Å². The van der Waals surface area contributed by atoms with Gasteiger partial charge in [0.25, 0.3) is 0 Å². The summed E-state index contributed by atoms with van der Waals surface area (Å²) in [6.45, 7) is 1.17. The molecule has 1 heterocycles. The van der Waals surface area contributed by atoms with Crippen LogP contribution >= 0.6 is 23.5 Å². The SMILES string of the molecule is CSC1(CNC2CSc3ccccc32)CC1. The van der Waals surface area contributed by atoms with Gasteiger partial charge in [-0.2, -0.15) is 11.8 Å². The molecule has 1 N–H and O–H groups in total. The smallest absolute Gasteiger partial charge is 0.0427 e. The van der Waals surface area contributed by atoms with Crippen molar-refractivity contribution in [2.24, 2.45) is 0 Å². The molecule has 16 heavy (non-hydrogen) atoms. The van der Waals surface area contributed by atoms with Crippen molar-refractivity contribution in [3.8, 4) is 0 Å². The molecular weight excluding hydrogens is 234 g/mol. The molecule has 3 heteroatoms. The lowest BCUT2D eigenvalue weighted by molar-refractivity contribution is 0.571. The molecule has 1 aromatic carbocycles. The van der Waals surface area contributed by atoms with Crippen LogP contribution in [0, 0.1) is 0 Å². The number of hydrogen-bond donors (Lipinski definition) is 1. The minimum atomic E-state index is 0.572. The van der Waals surface area contributed by atoms with E-state index in [-0.39, 0.29) is 0 Å². The Balaban J connectivity index is 1.65. The quantitative estimate of drug-likeness (QED) is 0.881. The molecule has 0 saturated heterocycles. The fourth-order valence-corrected chi connectivity index (χ4v) is 4.17. The van der Waals surface area contributed by atoms with E-state index < -0.39 is 0 Å². The van der Waals surface area contributed by atoms with Gasteiger partial charge in [0.15, 0.2) is 0 Å². The predicted octanol–water partition coefficient (Wildman–Crippen LogP) is 3.32. The van der Waals surface area contributed by atoms with Gasteiger partial charge in [-0.1, -0.05) is 18.2 Å². The molecule has 1 saturated carbocycles. The van der Waals surface area contributed by atoms with Gasteiger partial charge in [-0.25, -0.2) is 0 Å². The van der Waals surface area contributed by atoms with E-state index >= 15 is 0 Å². The molecule has 0 amide bonds. The largest absolute Gasteiger partial charge is 0.308 e. The van der Waals surface area contributed by atoms with E-state index in [2.05, 4.69) is 35.8 Å². The number of benzene rings is 1. The molecule has 1 atom stereocenters. The van der Waals surface area contributed by atoms with Gasteiger partial charge in [0.1, 0.15) is 0 Å². The lowest BCUT2D eigenvalue weighted by Gasteiger charge is -2.18. The van der Waals surface area contributed by atoms with Crippen LogP contribution in [0.3, 0.4) is 0 Å². The molecule has 1 fully saturated rings. The van der Waals surface area contributed by atoms with E-state index in [0.29, 0.717) is 10.8 Å². The number of hydrogen-bond acceptors (Lipinski definition) is 3. The summed E-state index contributed by atoms with van der Waals surface area (Å²) >= 11 is 4.02. The first-order chi connectivity index (χ1) is 7.83. The topological polar surface area (TPSA) is 12.0 Å². The molecule has 0 radical (unpaired) electrons. The summed E-state index contributed by atoms with van der Waals surface area (Å²) in [5, 5.41) is 3.75. The van der Waals surface area contributed by atoms with Gasteiger partial charge in [-0.05, 0) is 30.7 Å². The van der Waals surface area contributed by atoms with Crippen LogP contribution in [0.4, 0.5) is 0 Å². The Kier molecular flexibility index (Phi) is 2.94. The van der Waals surface area contributed by atoms with Crippen molar-refractivity contribution >= 4 is 23.5 Å². The van der Waals surface area contributed by atoms with Gasteiger partial charge < -0.3 is 5.32 Å². The van der Waals surface area contributed by atoms with Crippen molar-refractivity contribution in [2.45, 2.75) is 28.5 Å². The van der Waals surface area contributed by atoms with Crippen LogP contribution in [0.15, 0.2) is 29.2 Å². The van der Waals surface area contributed by atoms with Gasteiger partial charge in [0, 0.05) is 28.0 Å². The lowest BCUT2D eigenvalue weighted by atomic mass is 10.1. The van der Waals surface area contributed by atoms with Crippen LogP contribution in [0.5, 0.6) is 0 Å². The van der Waals surface area contributed by atoms with E-state index in [4.69, 9.17) is 0 Å². The van der Waals surface area contributed by atoms with Gasteiger partial charge in [-0.15, -0.1) is 11.8 Å². The highest BCUT2D eigenvalue weighted by Crippen LogP contribution is 2.47. The minimum Gasteiger partial charge on any atom is -0.308 e. The Morgan fingerprint density at radius 3 is 3.00 bits per heavy atom. The number of rotatable bonds is 4. The first-order valence-corrected chi connectivity index (χ1v) is 8.04. The van der Waals surface area contributed by atoms with Crippen molar-refractivity contribution in [3.05, 3.63) is 29.8 Å². The Bertz CT molecular complexity index is 387. The zero-order chi connectivity index (χ0) is 11.0. The van der Waals surface area contributed by atoms with Crippen molar-refractivity contribution in [1.29, 1.82) is 0 Å². The van der Waals surface area contributed by atoms with E-state index in [1.54, 1.807) is 0 Å². The van der Waals surface area contributed by atoms with Gasteiger partial charge in [0.2, 0.25) is 0 Å². The predicted molar refractivity (Wildman–Crippen MR) is 73.4 cm³/mol. The number of thioether (sulfide) groups is 2. The summed E-state index contributed by atoms with van der Waals surface area (Å²) in [6, 6.07) is 9.37. The fraction of sp³-hybridized carbons (Fsp3) is 0.538. The highest BCUT2D eigenvalue weighted by molar-refractivity contribution is 8.00. The third kappa shape index (κ3) is 2.01. The van der Waals surface area contributed by atoms with Crippen LogP contribution < -0.4 is 5.32 Å². The molecule has 1 unspecified atom stereocenters. The number of fused-ring (bicyclic) bond motifs is 1. The summed E-state index contributed by atoms with van der Waals surface area (Å²) in [7, 11) is 0. The second-order valence-electron chi connectivity index (χ2n) is 4.67. The third-order valence-electron chi connectivity index (χ3n) is 3.61. The maximum absolute atomic E-state index is 3.75. The summed E-state index contributed by atoms with van der Waals surface area (Å²) in [4.78, 5) is 1.47. The van der Waals surface area contributed by atoms with E-state index in [1.165, 1.54) is 35.6 Å². The molecule has 3 rings (SSSR count). The standard InChI is InChI=1S/C13H17NS2/c1-15-13(6-7-13)9-14-11-8-16-12-5-3-2-4-10(11)12/h2-5,11,14H,6-9H2,1H3. The second-order valence-corrected chi connectivity index (χ2v) is 7.01. The molecular formula is C13H17NS2. The molecule has 1 aliphatic heterocycles. The fourth-order valence-electron chi connectivity index (χ4n) is 2.23. The van der Waals surface area contributed by atoms with Crippen LogP contribution in [-0.2, 0) is 0 Å². The van der Waals surface area contributed by atoms with Gasteiger partial charge >= 0.3 is 0 Å². The van der Waals surface area contributed by atoms with Crippen LogP contribution in [0.2, 0.25) is 0 Å². The first-order valence-electron chi connectivity index (χ1n) is 5.83. The molecule has 86 valence electrons. The molecule has 0 bridgehead atoms. The van der Waals surface area contributed by atoms with Crippen molar-refractivity contribution in [1.82, 2.24) is 5.32 Å². The van der Waals surface area contributed by atoms with Crippen molar-refractivity contribution in [2.75, 3.05) is 18.6 Å². The van der Waals surface area contributed by atoms with Gasteiger partial charge in [0.05, 0.1) is 0 Å². The summed E-state index contributed by atoms with van der Waals surface area (Å²) in [6.07, 6.45) is 5.03. The average Bonchev–Trinajstić information content (AvgIpc) is 3.01. The molecule has 1 aliphatic carbocycles. The van der Waals surface area contributed by atoms with Gasteiger partial charge in [-0.3, -0.25) is 0 Å². The third-order valence-corrected chi connectivity index (χ3v) is 6.21. The summed E-state index contributed by atoms with van der Waals surface area (Å²) in [5.41, 5.74) is 1.50. The minimum absolute atomic E-state index is 0.572. The summed E-state index contributed by atoms with van der Waals surface area (Å²) in [5.74, 6) is 1.20. The molecule has 2 aliphatic rings. The highest BCUT2D eigenvalue weighted by atomic mass is 32.2. The van der Waals surface area contributed by atoms with Crippen LogP contribution in [0.1, 0.15) is 24.4 Å². The van der Waals surface area contributed by atoms with Crippen molar-refractivity contribution < 1.29 is 0 Å². The zero-order valence-electron chi connectivity index (χ0n) is 9.53. The molecule has 1 nitrogen and oxygen atoms in total. The van der Waals surface area contributed by atoms with E-state index in [0.717, 1.165) is 0 Å². The zero-order valence-corrected chi connectivity index (χ0v) is 11.2. The first kappa shape index (κ1) is 11.0. The monoisotopic (exact) mass is 251 g/mol. The Morgan fingerprint density at radius 1 is 1.44 bits per heavy atom. The maximum Gasteiger partial charge on any atom is 0.0427 e. The molecule has 1 aromatic rings. The normalized spacial score (nSPS) is 25.4. The Hall–Kier alpha value is -0.120. The number of nitrogens with one attached hydrogen (secondary N) is 1. The van der Waals surface area contributed by atoms with Crippen molar-refractivity contribution in [3.63, 3.8) is 0 Å². The lowest BCUT2D eigenvalue weighted by Crippen LogP contribution is -2.29. The van der Waals surface area contributed by atoms with Crippen LogP contribution in [0.25, 0.3) is 0 Å². The summed E-state index contributed by atoms with van der Waals surface area (Å²) < 4.78 is 0.572. The average molecular weight is 251 g/mol. The molecule has 0 aromatic heterocycles. The Morgan fingerprint density at radius 2 is 2.25 bits per heavy atom. The maximum atomic E-state index is 3.75. The second kappa shape index (κ2) is 4.28. The highest BCUT2D eigenvalue weighted by Gasteiger charge is 2.42. The van der Waals surface area contributed by atoms with Crippen LogP contribution in [-0.4, -0.2) is 23.3 Å². The molecule has 0 spiro atoms. The van der Waals surface area contributed by atoms with E-state index in [1.807, 2.05) is 23.5 Å². The van der Waals surface area contributed by atoms with E-state index in [9.17, 15) is 0 Å².